The first-order chi connectivity index (χ1) is 11.8. The van der Waals surface area contributed by atoms with Gasteiger partial charge in [-0.15, -0.1) is 0 Å². The SMILES string of the molecule is CC(C)S(=O)(=O)c1c(Cl)cccc1Oc1cnc2cc(F)ccc2n1. The number of sulfone groups is 1. The molecule has 0 aliphatic carbocycles. The Hall–Kier alpha value is -2.25. The average molecular weight is 381 g/mol. The van der Waals surface area contributed by atoms with E-state index in [0.717, 1.165) is 0 Å². The Bertz CT molecular complexity index is 1050. The van der Waals surface area contributed by atoms with Crippen LogP contribution >= 0.6 is 11.6 Å². The number of halogens is 2. The molecule has 0 bridgehead atoms. The molecule has 0 saturated heterocycles. The first kappa shape index (κ1) is 17.6. The maximum Gasteiger partial charge on any atom is 0.238 e. The first-order valence-corrected chi connectivity index (χ1v) is 9.34. The largest absolute Gasteiger partial charge is 0.436 e. The molecule has 0 saturated carbocycles. The molecular weight excluding hydrogens is 367 g/mol. The highest BCUT2D eigenvalue weighted by Gasteiger charge is 2.27. The first-order valence-electron chi connectivity index (χ1n) is 7.41. The zero-order valence-corrected chi connectivity index (χ0v) is 15.0. The van der Waals surface area contributed by atoms with Gasteiger partial charge in [0.1, 0.15) is 16.5 Å². The van der Waals surface area contributed by atoms with Crippen molar-refractivity contribution in [3.05, 3.63) is 53.4 Å². The van der Waals surface area contributed by atoms with Crippen molar-refractivity contribution in [3.8, 4) is 11.6 Å². The van der Waals surface area contributed by atoms with Crippen molar-refractivity contribution in [2.45, 2.75) is 24.0 Å². The van der Waals surface area contributed by atoms with E-state index in [1.165, 1.54) is 36.5 Å². The van der Waals surface area contributed by atoms with Crippen molar-refractivity contribution < 1.29 is 17.5 Å². The Morgan fingerprint density at radius 3 is 2.64 bits per heavy atom. The van der Waals surface area contributed by atoms with Crippen LogP contribution in [0.1, 0.15) is 13.8 Å². The molecule has 8 heteroatoms. The van der Waals surface area contributed by atoms with Gasteiger partial charge < -0.3 is 4.74 Å². The van der Waals surface area contributed by atoms with Crippen LogP contribution in [0.2, 0.25) is 5.02 Å². The fourth-order valence-electron chi connectivity index (χ4n) is 2.21. The van der Waals surface area contributed by atoms with E-state index in [0.29, 0.717) is 11.0 Å². The second kappa shape index (κ2) is 6.57. The monoisotopic (exact) mass is 380 g/mol. The van der Waals surface area contributed by atoms with E-state index in [1.807, 2.05) is 0 Å². The molecule has 0 N–H and O–H groups in total. The van der Waals surface area contributed by atoms with Gasteiger partial charge in [0.05, 0.1) is 27.5 Å². The van der Waals surface area contributed by atoms with Crippen LogP contribution in [0.5, 0.6) is 11.6 Å². The van der Waals surface area contributed by atoms with E-state index in [2.05, 4.69) is 9.97 Å². The van der Waals surface area contributed by atoms with Crippen LogP contribution in [0.3, 0.4) is 0 Å². The molecule has 0 aliphatic rings. The highest BCUT2D eigenvalue weighted by Crippen LogP contribution is 2.36. The van der Waals surface area contributed by atoms with E-state index in [1.54, 1.807) is 19.9 Å². The molecule has 25 heavy (non-hydrogen) atoms. The fraction of sp³-hybridized carbons (Fsp3) is 0.176. The van der Waals surface area contributed by atoms with E-state index >= 15 is 0 Å². The molecule has 0 atom stereocenters. The van der Waals surface area contributed by atoms with Crippen LogP contribution in [0.4, 0.5) is 4.39 Å². The lowest BCUT2D eigenvalue weighted by atomic mass is 10.3. The maximum atomic E-state index is 13.2. The summed E-state index contributed by atoms with van der Waals surface area (Å²) in [6, 6.07) is 8.54. The minimum Gasteiger partial charge on any atom is -0.436 e. The smallest absolute Gasteiger partial charge is 0.238 e. The number of benzene rings is 2. The molecule has 0 radical (unpaired) electrons. The van der Waals surface area contributed by atoms with Gasteiger partial charge in [0.25, 0.3) is 0 Å². The van der Waals surface area contributed by atoms with Crippen molar-refractivity contribution >= 4 is 32.5 Å². The molecule has 130 valence electrons. The highest BCUT2D eigenvalue weighted by molar-refractivity contribution is 7.92. The summed E-state index contributed by atoms with van der Waals surface area (Å²) in [5, 5.41) is -0.595. The van der Waals surface area contributed by atoms with Gasteiger partial charge in [-0.3, -0.25) is 0 Å². The number of fused-ring (bicyclic) bond motifs is 1. The molecule has 0 fully saturated rings. The summed E-state index contributed by atoms with van der Waals surface area (Å²) in [6.07, 6.45) is 1.30. The van der Waals surface area contributed by atoms with Crippen molar-refractivity contribution in [3.63, 3.8) is 0 Å². The molecule has 0 spiro atoms. The van der Waals surface area contributed by atoms with Crippen molar-refractivity contribution in [1.29, 1.82) is 0 Å². The summed E-state index contributed by atoms with van der Waals surface area (Å²) in [7, 11) is -3.66. The number of aromatic nitrogens is 2. The zero-order valence-electron chi connectivity index (χ0n) is 13.4. The number of hydrogen-bond acceptors (Lipinski definition) is 5. The quantitative estimate of drug-likeness (QED) is 0.671. The van der Waals surface area contributed by atoms with Crippen molar-refractivity contribution in [2.75, 3.05) is 0 Å². The van der Waals surface area contributed by atoms with Crippen LogP contribution in [0.15, 0.2) is 47.5 Å². The Morgan fingerprint density at radius 1 is 1.16 bits per heavy atom. The second-order valence-electron chi connectivity index (χ2n) is 5.60. The number of nitrogens with zero attached hydrogens (tertiary/aromatic N) is 2. The van der Waals surface area contributed by atoms with Gasteiger partial charge in [-0.25, -0.2) is 22.8 Å². The topological polar surface area (TPSA) is 69.2 Å². The van der Waals surface area contributed by atoms with Gasteiger partial charge in [0.15, 0.2) is 9.84 Å². The van der Waals surface area contributed by atoms with Crippen LogP contribution < -0.4 is 4.74 Å². The minimum atomic E-state index is -3.66. The number of rotatable bonds is 4. The van der Waals surface area contributed by atoms with E-state index in [-0.39, 0.29) is 21.5 Å². The Morgan fingerprint density at radius 2 is 1.92 bits per heavy atom. The fourth-order valence-corrected chi connectivity index (χ4v) is 3.90. The molecule has 5 nitrogen and oxygen atoms in total. The lowest BCUT2D eigenvalue weighted by molar-refractivity contribution is 0.448. The molecular formula is C17H14ClFN2O3S. The Labute approximate surface area is 149 Å². The van der Waals surface area contributed by atoms with Gasteiger partial charge in [-0.1, -0.05) is 17.7 Å². The second-order valence-corrected chi connectivity index (χ2v) is 8.45. The van der Waals surface area contributed by atoms with Gasteiger partial charge in [-0.05, 0) is 38.1 Å². The van der Waals surface area contributed by atoms with Crippen LogP contribution in [0.25, 0.3) is 11.0 Å². The minimum absolute atomic E-state index is 0.0666. The molecule has 2 aromatic carbocycles. The normalized spacial score (nSPS) is 11.9. The summed E-state index contributed by atoms with van der Waals surface area (Å²) in [5.74, 6) is -0.269. The third-order valence-electron chi connectivity index (χ3n) is 3.53. The Balaban J connectivity index is 2.07. The highest BCUT2D eigenvalue weighted by atomic mass is 35.5. The van der Waals surface area contributed by atoms with Crippen LogP contribution in [-0.2, 0) is 9.84 Å². The van der Waals surface area contributed by atoms with Gasteiger partial charge in [-0.2, -0.15) is 0 Å². The predicted molar refractivity (Wildman–Crippen MR) is 93.3 cm³/mol. The maximum absolute atomic E-state index is 13.2. The van der Waals surface area contributed by atoms with Crippen molar-refractivity contribution in [2.24, 2.45) is 0 Å². The van der Waals surface area contributed by atoms with Crippen molar-refractivity contribution in [1.82, 2.24) is 9.97 Å². The predicted octanol–water partition coefficient (Wildman–Crippen LogP) is 4.40. The summed E-state index contributed by atoms with van der Waals surface area (Å²) in [5.41, 5.74) is 0.794. The lowest BCUT2D eigenvalue weighted by Crippen LogP contribution is -2.15. The number of hydrogen-bond donors (Lipinski definition) is 0. The van der Waals surface area contributed by atoms with E-state index in [9.17, 15) is 12.8 Å². The summed E-state index contributed by atoms with van der Waals surface area (Å²) >= 11 is 6.10. The van der Waals surface area contributed by atoms with Gasteiger partial charge >= 0.3 is 0 Å². The van der Waals surface area contributed by atoms with Gasteiger partial charge in [0, 0.05) is 6.07 Å². The number of ether oxygens (including phenoxy) is 1. The standard InChI is InChI=1S/C17H14ClFN2O3S/c1-10(2)25(22,23)17-12(18)4-3-5-15(17)24-16-9-20-14-8-11(19)6-7-13(14)21-16/h3-10H,1-2H3. The Kier molecular flexibility index (Phi) is 4.62. The molecule has 1 heterocycles. The van der Waals surface area contributed by atoms with E-state index in [4.69, 9.17) is 16.3 Å². The third kappa shape index (κ3) is 3.43. The molecule has 3 rings (SSSR count). The zero-order chi connectivity index (χ0) is 18.2. The van der Waals surface area contributed by atoms with Crippen LogP contribution in [0, 0.1) is 5.82 Å². The molecule has 3 aromatic rings. The molecule has 0 aliphatic heterocycles. The third-order valence-corrected chi connectivity index (χ3v) is 6.19. The summed E-state index contributed by atoms with van der Waals surface area (Å²) in [6.45, 7) is 3.12. The summed E-state index contributed by atoms with van der Waals surface area (Å²) < 4.78 is 44.0. The summed E-state index contributed by atoms with van der Waals surface area (Å²) in [4.78, 5) is 8.21. The lowest BCUT2D eigenvalue weighted by Gasteiger charge is -2.14. The molecule has 0 unspecified atom stereocenters. The van der Waals surface area contributed by atoms with E-state index < -0.39 is 20.9 Å². The molecule has 1 aromatic heterocycles. The molecule has 0 amide bonds. The average Bonchev–Trinajstić information content (AvgIpc) is 2.54. The van der Waals surface area contributed by atoms with Gasteiger partial charge in [0.2, 0.25) is 5.88 Å². The van der Waals surface area contributed by atoms with Crippen LogP contribution in [-0.4, -0.2) is 23.6 Å².